The number of hydrogen-bond acceptors (Lipinski definition) is 4. The lowest BCUT2D eigenvalue weighted by atomic mass is 10.2. The normalized spacial score (nSPS) is 12.6. The Morgan fingerprint density at radius 1 is 1.41 bits per heavy atom. The number of likely N-dealkylation sites (N-methyl/N-ethyl adjacent to an activating group) is 1. The van der Waals surface area contributed by atoms with E-state index < -0.39 is 0 Å². The summed E-state index contributed by atoms with van der Waals surface area (Å²) in [4.78, 5) is 10.8. The van der Waals surface area contributed by atoms with E-state index in [4.69, 9.17) is 16.3 Å². The summed E-state index contributed by atoms with van der Waals surface area (Å²) >= 11 is 6.11. The maximum Gasteiger partial charge on any atom is 0.137 e. The van der Waals surface area contributed by atoms with Gasteiger partial charge in [0.05, 0.1) is 12.6 Å². The lowest BCUT2D eigenvalue weighted by Gasteiger charge is -2.27. The molecule has 1 aromatic rings. The molecule has 0 aromatic carbocycles. The van der Waals surface area contributed by atoms with E-state index in [-0.39, 0.29) is 6.04 Å². The van der Waals surface area contributed by atoms with E-state index in [1.54, 1.807) is 7.11 Å². The number of halogens is 1. The fraction of sp³-hybridized carbons (Fsp3) is 0.667. The number of rotatable bonds is 5. The van der Waals surface area contributed by atoms with E-state index in [9.17, 15) is 0 Å². The Balaban J connectivity index is 3.07. The number of methoxy groups -OCH3 is 1. The minimum Gasteiger partial charge on any atom is -0.383 e. The SMILES string of the molecule is CCc1nc(Cl)c(C)c(N(C)C(C)COC)n1. The number of nitrogens with zero attached hydrogens (tertiary/aromatic N) is 3. The minimum atomic E-state index is 0.245. The van der Waals surface area contributed by atoms with Crippen LogP contribution in [0.4, 0.5) is 5.82 Å². The van der Waals surface area contributed by atoms with Crippen molar-refractivity contribution in [3.8, 4) is 0 Å². The van der Waals surface area contributed by atoms with Crippen molar-refractivity contribution in [1.82, 2.24) is 9.97 Å². The van der Waals surface area contributed by atoms with Gasteiger partial charge in [-0.1, -0.05) is 18.5 Å². The molecule has 0 bridgehead atoms. The van der Waals surface area contributed by atoms with Crippen LogP contribution in [0, 0.1) is 6.92 Å². The van der Waals surface area contributed by atoms with Crippen molar-refractivity contribution in [3.05, 3.63) is 16.5 Å². The Bertz CT molecular complexity index is 384. The standard InChI is InChI=1S/C12H20ClN3O/c1-6-10-14-11(13)9(3)12(15-10)16(4)8(2)7-17-5/h8H,6-7H2,1-5H3. The fourth-order valence-corrected chi connectivity index (χ4v) is 1.77. The largest absolute Gasteiger partial charge is 0.383 e. The highest BCUT2D eigenvalue weighted by atomic mass is 35.5. The second kappa shape index (κ2) is 6.17. The molecule has 4 nitrogen and oxygen atoms in total. The van der Waals surface area contributed by atoms with Crippen LogP contribution in [0.5, 0.6) is 0 Å². The Morgan fingerprint density at radius 2 is 2.06 bits per heavy atom. The number of ether oxygens (including phenoxy) is 1. The zero-order valence-electron chi connectivity index (χ0n) is 11.1. The number of aromatic nitrogens is 2. The lowest BCUT2D eigenvalue weighted by molar-refractivity contribution is 0.183. The first kappa shape index (κ1) is 14.2. The first-order valence-electron chi connectivity index (χ1n) is 5.76. The molecule has 0 N–H and O–H groups in total. The molecule has 1 aromatic heterocycles. The highest BCUT2D eigenvalue weighted by Crippen LogP contribution is 2.24. The van der Waals surface area contributed by atoms with Crippen molar-refractivity contribution in [2.45, 2.75) is 33.2 Å². The number of aryl methyl sites for hydroxylation is 1. The Morgan fingerprint density at radius 3 is 2.59 bits per heavy atom. The summed E-state index contributed by atoms with van der Waals surface area (Å²) < 4.78 is 5.15. The van der Waals surface area contributed by atoms with E-state index >= 15 is 0 Å². The molecule has 0 aliphatic heterocycles. The van der Waals surface area contributed by atoms with Gasteiger partial charge in [-0.05, 0) is 13.8 Å². The Labute approximate surface area is 108 Å². The molecule has 17 heavy (non-hydrogen) atoms. The van der Waals surface area contributed by atoms with Crippen LogP contribution < -0.4 is 4.90 Å². The Hall–Kier alpha value is -0.870. The van der Waals surface area contributed by atoms with Gasteiger partial charge in [-0.2, -0.15) is 0 Å². The van der Waals surface area contributed by atoms with Crippen molar-refractivity contribution >= 4 is 17.4 Å². The van der Waals surface area contributed by atoms with Crippen LogP contribution in [-0.2, 0) is 11.2 Å². The second-order valence-electron chi connectivity index (χ2n) is 4.15. The van der Waals surface area contributed by atoms with Crippen LogP contribution >= 0.6 is 11.6 Å². The summed E-state index contributed by atoms with van der Waals surface area (Å²) in [7, 11) is 3.69. The molecule has 96 valence electrons. The molecular formula is C12H20ClN3O. The summed E-state index contributed by atoms with van der Waals surface area (Å²) in [5.74, 6) is 1.65. The van der Waals surface area contributed by atoms with Gasteiger partial charge in [-0.25, -0.2) is 9.97 Å². The van der Waals surface area contributed by atoms with Gasteiger partial charge in [-0.3, -0.25) is 0 Å². The molecule has 0 radical (unpaired) electrons. The van der Waals surface area contributed by atoms with Gasteiger partial charge in [0.1, 0.15) is 16.8 Å². The summed E-state index contributed by atoms with van der Waals surface area (Å²) in [6.07, 6.45) is 0.777. The van der Waals surface area contributed by atoms with Gasteiger partial charge < -0.3 is 9.64 Å². The third-order valence-electron chi connectivity index (χ3n) is 2.83. The van der Waals surface area contributed by atoms with Crippen LogP contribution in [0.25, 0.3) is 0 Å². The minimum absolute atomic E-state index is 0.245. The van der Waals surface area contributed by atoms with E-state index in [2.05, 4.69) is 21.8 Å². The molecule has 1 atom stereocenters. The topological polar surface area (TPSA) is 38.2 Å². The molecule has 0 saturated heterocycles. The monoisotopic (exact) mass is 257 g/mol. The molecule has 0 amide bonds. The zero-order chi connectivity index (χ0) is 13.0. The predicted molar refractivity (Wildman–Crippen MR) is 70.9 cm³/mol. The van der Waals surface area contributed by atoms with E-state index in [1.807, 2.05) is 20.9 Å². The molecule has 5 heteroatoms. The van der Waals surface area contributed by atoms with Crippen molar-refractivity contribution < 1.29 is 4.74 Å². The molecule has 0 spiro atoms. The summed E-state index contributed by atoms with van der Waals surface area (Å²) in [6.45, 7) is 6.69. The summed E-state index contributed by atoms with van der Waals surface area (Å²) in [5.41, 5.74) is 0.911. The summed E-state index contributed by atoms with van der Waals surface area (Å²) in [5, 5.41) is 0.531. The van der Waals surface area contributed by atoms with E-state index in [0.717, 1.165) is 23.6 Å². The van der Waals surface area contributed by atoms with Gasteiger partial charge in [0, 0.05) is 26.1 Å². The third-order valence-corrected chi connectivity index (χ3v) is 3.19. The molecule has 0 fully saturated rings. The van der Waals surface area contributed by atoms with Gasteiger partial charge in [0.25, 0.3) is 0 Å². The highest BCUT2D eigenvalue weighted by Gasteiger charge is 2.16. The van der Waals surface area contributed by atoms with Gasteiger partial charge >= 0.3 is 0 Å². The number of hydrogen-bond donors (Lipinski definition) is 0. The Kier molecular flexibility index (Phi) is 5.15. The molecular weight excluding hydrogens is 238 g/mol. The first-order chi connectivity index (χ1) is 8.01. The smallest absolute Gasteiger partial charge is 0.137 e. The molecule has 1 heterocycles. The van der Waals surface area contributed by atoms with Crippen molar-refractivity contribution in [1.29, 1.82) is 0 Å². The molecule has 0 saturated carbocycles. The maximum atomic E-state index is 6.11. The molecule has 1 rings (SSSR count). The average molecular weight is 258 g/mol. The van der Waals surface area contributed by atoms with Crippen molar-refractivity contribution in [2.24, 2.45) is 0 Å². The fourth-order valence-electron chi connectivity index (χ4n) is 1.58. The first-order valence-corrected chi connectivity index (χ1v) is 6.13. The van der Waals surface area contributed by atoms with E-state index in [1.165, 1.54) is 0 Å². The molecule has 0 aliphatic carbocycles. The highest BCUT2D eigenvalue weighted by molar-refractivity contribution is 6.30. The van der Waals surface area contributed by atoms with Crippen molar-refractivity contribution in [3.63, 3.8) is 0 Å². The van der Waals surface area contributed by atoms with Gasteiger partial charge in [-0.15, -0.1) is 0 Å². The van der Waals surface area contributed by atoms with Gasteiger partial charge in [0.2, 0.25) is 0 Å². The second-order valence-corrected chi connectivity index (χ2v) is 4.51. The third kappa shape index (κ3) is 3.30. The quantitative estimate of drug-likeness (QED) is 0.760. The predicted octanol–water partition coefficient (Wildman–Crippen LogP) is 2.47. The van der Waals surface area contributed by atoms with Crippen molar-refractivity contribution in [2.75, 3.05) is 25.7 Å². The van der Waals surface area contributed by atoms with Crippen LogP contribution in [0.15, 0.2) is 0 Å². The van der Waals surface area contributed by atoms with Crippen LogP contribution in [0.3, 0.4) is 0 Å². The average Bonchev–Trinajstić information content (AvgIpc) is 2.31. The van der Waals surface area contributed by atoms with E-state index in [0.29, 0.717) is 11.8 Å². The maximum absolute atomic E-state index is 6.11. The van der Waals surface area contributed by atoms with Crippen LogP contribution in [-0.4, -0.2) is 36.8 Å². The lowest BCUT2D eigenvalue weighted by Crippen LogP contribution is -2.34. The summed E-state index contributed by atoms with van der Waals surface area (Å²) in [6, 6.07) is 0.245. The molecule has 0 aliphatic rings. The molecule has 1 unspecified atom stereocenters. The van der Waals surface area contributed by atoms with Gasteiger partial charge in [0.15, 0.2) is 0 Å². The number of anilines is 1. The van der Waals surface area contributed by atoms with Crippen LogP contribution in [0.1, 0.15) is 25.2 Å². The zero-order valence-corrected chi connectivity index (χ0v) is 11.9. The van der Waals surface area contributed by atoms with Crippen LogP contribution in [0.2, 0.25) is 5.15 Å².